The lowest BCUT2D eigenvalue weighted by atomic mass is 9.96. The zero-order valence-corrected chi connectivity index (χ0v) is 12.5. The normalized spacial score (nSPS) is 22.5. The highest BCUT2D eigenvalue weighted by Gasteiger charge is 2.44. The fourth-order valence-electron chi connectivity index (χ4n) is 2.26. The summed E-state index contributed by atoms with van der Waals surface area (Å²) in [7, 11) is 0. The van der Waals surface area contributed by atoms with E-state index in [0.29, 0.717) is 26.2 Å². The summed E-state index contributed by atoms with van der Waals surface area (Å²) in [5.41, 5.74) is -0.813. The summed E-state index contributed by atoms with van der Waals surface area (Å²) in [4.78, 5) is 26.0. The molecule has 0 radical (unpaired) electrons. The first kappa shape index (κ1) is 16.0. The summed E-state index contributed by atoms with van der Waals surface area (Å²) in [5, 5.41) is 2.78. The second-order valence-corrected chi connectivity index (χ2v) is 5.50. The third-order valence-electron chi connectivity index (χ3n) is 3.42. The molecule has 0 saturated carbocycles. The molecule has 19 heavy (non-hydrogen) atoms. The van der Waals surface area contributed by atoms with Gasteiger partial charge in [-0.25, -0.2) is 0 Å². The molecule has 5 nitrogen and oxygen atoms in total. The van der Waals surface area contributed by atoms with Crippen molar-refractivity contribution in [1.29, 1.82) is 0 Å². The smallest absolute Gasteiger partial charge is 0.248 e. The summed E-state index contributed by atoms with van der Waals surface area (Å²) in [6.07, 6.45) is 2.75. The fraction of sp³-hybridized carbons (Fsp3) is 0.857. The second kappa shape index (κ2) is 6.89. The minimum Gasteiger partial charge on any atom is -0.380 e. The van der Waals surface area contributed by atoms with Crippen molar-refractivity contribution in [1.82, 2.24) is 10.2 Å². The summed E-state index contributed by atoms with van der Waals surface area (Å²) in [5.74, 6) is -0.0984. The number of nitrogens with zero attached hydrogens (tertiary/aromatic N) is 1. The molecular formula is C14H26N2O3. The van der Waals surface area contributed by atoms with Gasteiger partial charge in [0.15, 0.2) is 0 Å². The number of hydrogen-bond donors (Lipinski definition) is 1. The van der Waals surface area contributed by atoms with Gasteiger partial charge in [-0.05, 0) is 26.7 Å². The van der Waals surface area contributed by atoms with Crippen molar-refractivity contribution in [2.24, 2.45) is 0 Å². The predicted molar refractivity (Wildman–Crippen MR) is 73.7 cm³/mol. The van der Waals surface area contributed by atoms with Gasteiger partial charge in [-0.2, -0.15) is 0 Å². The van der Waals surface area contributed by atoms with Crippen LogP contribution in [0.15, 0.2) is 0 Å². The Bertz CT molecular complexity index is 329. The fourth-order valence-corrected chi connectivity index (χ4v) is 2.26. The van der Waals surface area contributed by atoms with Crippen molar-refractivity contribution in [3.8, 4) is 0 Å². The van der Waals surface area contributed by atoms with Crippen LogP contribution in [0.1, 0.15) is 47.0 Å². The van der Waals surface area contributed by atoms with E-state index in [1.54, 1.807) is 18.7 Å². The Morgan fingerprint density at radius 3 is 2.53 bits per heavy atom. The van der Waals surface area contributed by atoms with Crippen molar-refractivity contribution in [2.45, 2.75) is 58.5 Å². The number of carbonyl (C=O) groups excluding carboxylic acids is 2. The van der Waals surface area contributed by atoms with Crippen LogP contribution in [0.25, 0.3) is 0 Å². The van der Waals surface area contributed by atoms with Crippen LogP contribution in [0.4, 0.5) is 0 Å². The number of unbranched alkanes of at least 4 members (excludes halogenated alkanes) is 1. The Morgan fingerprint density at radius 1 is 1.26 bits per heavy atom. The highest BCUT2D eigenvalue weighted by Crippen LogP contribution is 2.19. The van der Waals surface area contributed by atoms with E-state index in [1.165, 1.54) is 0 Å². The average Bonchev–Trinajstić information content (AvgIpc) is 2.34. The molecule has 1 unspecified atom stereocenters. The van der Waals surface area contributed by atoms with Crippen LogP contribution >= 0.6 is 0 Å². The molecule has 1 aliphatic rings. The number of amides is 2. The Kier molecular flexibility index (Phi) is 5.79. The molecule has 1 aliphatic heterocycles. The summed E-state index contributed by atoms with van der Waals surface area (Å²) in [6, 6.07) is -0.365. The zero-order chi connectivity index (χ0) is 14.5. The van der Waals surface area contributed by atoms with Gasteiger partial charge in [-0.1, -0.05) is 20.3 Å². The second-order valence-electron chi connectivity index (χ2n) is 5.50. The molecule has 1 atom stereocenters. The number of hydrogen-bond acceptors (Lipinski definition) is 3. The minimum absolute atomic E-state index is 0.0296. The molecule has 0 aliphatic carbocycles. The highest BCUT2D eigenvalue weighted by atomic mass is 16.5. The van der Waals surface area contributed by atoms with Gasteiger partial charge in [-0.15, -0.1) is 0 Å². The first-order valence-corrected chi connectivity index (χ1v) is 7.14. The van der Waals surface area contributed by atoms with Gasteiger partial charge >= 0.3 is 0 Å². The molecule has 1 rings (SSSR count). The van der Waals surface area contributed by atoms with Crippen LogP contribution < -0.4 is 5.32 Å². The largest absolute Gasteiger partial charge is 0.380 e. The van der Waals surface area contributed by atoms with Crippen LogP contribution in [-0.2, 0) is 14.3 Å². The van der Waals surface area contributed by atoms with E-state index in [9.17, 15) is 9.59 Å². The number of carbonyl (C=O) groups is 2. The van der Waals surface area contributed by atoms with Gasteiger partial charge in [0.25, 0.3) is 0 Å². The SMILES string of the molecule is CCCCOCCN1C(=O)C(C)(C)NC(=O)C1CC. The Labute approximate surface area is 115 Å². The maximum Gasteiger partial charge on any atom is 0.248 e. The molecule has 110 valence electrons. The van der Waals surface area contributed by atoms with E-state index < -0.39 is 5.54 Å². The molecule has 5 heteroatoms. The number of nitrogens with one attached hydrogen (secondary N) is 1. The molecule has 2 amide bonds. The molecule has 0 bridgehead atoms. The lowest BCUT2D eigenvalue weighted by Crippen LogP contribution is -2.68. The van der Waals surface area contributed by atoms with Gasteiger partial charge < -0.3 is 15.0 Å². The van der Waals surface area contributed by atoms with E-state index >= 15 is 0 Å². The predicted octanol–water partition coefficient (Wildman–Crippen LogP) is 1.32. The third kappa shape index (κ3) is 3.93. The Balaban J connectivity index is 2.59. The van der Waals surface area contributed by atoms with Crippen LogP contribution in [0.3, 0.4) is 0 Å². The molecule has 0 aromatic heterocycles. The van der Waals surface area contributed by atoms with Crippen molar-refractivity contribution < 1.29 is 14.3 Å². The zero-order valence-electron chi connectivity index (χ0n) is 12.5. The topological polar surface area (TPSA) is 58.6 Å². The van der Waals surface area contributed by atoms with Crippen LogP contribution in [0.2, 0.25) is 0 Å². The van der Waals surface area contributed by atoms with Gasteiger partial charge in [0.1, 0.15) is 11.6 Å². The first-order valence-electron chi connectivity index (χ1n) is 7.14. The van der Waals surface area contributed by atoms with Crippen LogP contribution in [-0.4, -0.2) is 48.1 Å². The van der Waals surface area contributed by atoms with Gasteiger partial charge in [0.05, 0.1) is 6.61 Å². The maximum atomic E-state index is 12.3. The molecule has 0 aromatic rings. The van der Waals surface area contributed by atoms with Crippen molar-refractivity contribution in [2.75, 3.05) is 19.8 Å². The molecule has 1 heterocycles. The summed E-state index contributed by atoms with van der Waals surface area (Å²) >= 11 is 0. The first-order chi connectivity index (χ1) is 8.94. The molecule has 1 fully saturated rings. The van der Waals surface area contributed by atoms with Gasteiger partial charge in [0.2, 0.25) is 11.8 Å². The van der Waals surface area contributed by atoms with E-state index in [4.69, 9.17) is 4.74 Å². The molecule has 0 spiro atoms. The Morgan fingerprint density at radius 2 is 1.95 bits per heavy atom. The minimum atomic E-state index is -0.813. The molecule has 1 N–H and O–H groups in total. The summed E-state index contributed by atoms with van der Waals surface area (Å²) < 4.78 is 5.50. The third-order valence-corrected chi connectivity index (χ3v) is 3.42. The van der Waals surface area contributed by atoms with Crippen LogP contribution in [0, 0.1) is 0 Å². The highest BCUT2D eigenvalue weighted by molar-refractivity contribution is 5.99. The number of rotatable bonds is 7. The number of piperazine rings is 1. The van der Waals surface area contributed by atoms with Crippen molar-refractivity contribution in [3.63, 3.8) is 0 Å². The van der Waals surface area contributed by atoms with E-state index in [-0.39, 0.29) is 17.9 Å². The van der Waals surface area contributed by atoms with Gasteiger partial charge in [0, 0.05) is 13.2 Å². The van der Waals surface area contributed by atoms with E-state index in [1.807, 2.05) is 6.92 Å². The van der Waals surface area contributed by atoms with Crippen molar-refractivity contribution in [3.05, 3.63) is 0 Å². The lowest BCUT2D eigenvalue weighted by Gasteiger charge is -2.42. The maximum absolute atomic E-state index is 12.3. The molecular weight excluding hydrogens is 244 g/mol. The van der Waals surface area contributed by atoms with Gasteiger partial charge in [-0.3, -0.25) is 9.59 Å². The quantitative estimate of drug-likeness (QED) is 0.710. The standard InChI is InChI=1S/C14H26N2O3/c1-5-7-9-19-10-8-16-11(6-2)12(17)15-14(3,4)13(16)18/h11H,5-10H2,1-4H3,(H,15,17). The lowest BCUT2D eigenvalue weighted by molar-refractivity contribution is -0.154. The van der Waals surface area contributed by atoms with Crippen LogP contribution in [0.5, 0.6) is 0 Å². The van der Waals surface area contributed by atoms with Crippen molar-refractivity contribution >= 4 is 11.8 Å². The molecule has 1 saturated heterocycles. The van der Waals surface area contributed by atoms with E-state index in [2.05, 4.69) is 12.2 Å². The van der Waals surface area contributed by atoms with E-state index in [0.717, 1.165) is 12.8 Å². The molecule has 0 aromatic carbocycles. The number of ether oxygens (including phenoxy) is 1. The average molecular weight is 270 g/mol. The Hall–Kier alpha value is -1.10. The summed E-state index contributed by atoms with van der Waals surface area (Å²) in [6.45, 7) is 9.20. The monoisotopic (exact) mass is 270 g/mol.